The first-order chi connectivity index (χ1) is 9.99. The highest BCUT2D eigenvalue weighted by Crippen LogP contribution is 2.38. The molecule has 4 nitrogen and oxygen atoms in total. The molecule has 1 amide bonds. The van der Waals surface area contributed by atoms with Crippen LogP contribution < -0.4 is 5.73 Å². The van der Waals surface area contributed by atoms with Crippen LogP contribution in [0.25, 0.3) is 0 Å². The Morgan fingerprint density at radius 1 is 1.33 bits per heavy atom. The third-order valence-electron chi connectivity index (χ3n) is 5.12. The van der Waals surface area contributed by atoms with E-state index in [1.54, 1.807) is 0 Å². The van der Waals surface area contributed by atoms with Crippen LogP contribution in [-0.4, -0.2) is 34.5 Å². The lowest BCUT2D eigenvalue weighted by atomic mass is 9.92. The van der Waals surface area contributed by atoms with Crippen LogP contribution in [0.1, 0.15) is 60.4 Å². The Balaban J connectivity index is 1.80. The molecule has 116 valence electrons. The third kappa shape index (κ3) is 2.73. The molecule has 1 aromatic heterocycles. The van der Waals surface area contributed by atoms with Gasteiger partial charge >= 0.3 is 0 Å². The van der Waals surface area contributed by atoms with Gasteiger partial charge in [-0.3, -0.25) is 4.79 Å². The Kier molecular flexibility index (Phi) is 3.82. The van der Waals surface area contributed by atoms with Gasteiger partial charge in [0.05, 0.1) is 5.56 Å². The molecule has 1 saturated heterocycles. The van der Waals surface area contributed by atoms with Crippen molar-refractivity contribution in [3.8, 4) is 0 Å². The third-order valence-corrected chi connectivity index (χ3v) is 5.12. The van der Waals surface area contributed by atoms with Crippen LogP contribution >= 0.6 is 0 Å². The Hall–Kier alpha value is -1.29. The monoisotopic (exact) mass is 289 g/mol. The molecule has 2 atom stereocenters. The summed E-state index contributed by atoms with van der Waals surface area (Å²) in [6, 6.07) is 2.87. The van der Waals surface area contributed by atoms with Gasteiger partial charge in [-0.1, -0.05) is 0 Å². The Morgan fingerprint density at radius 3 is 2.67 bits per heavy atom. The van der Waals surface area contributed by atoms with Crippen molar-refractivity contribution in [2.75, 3.05) is 13.1 Å². The number of aromatic nitrogens is 1. The maximum absolute atomic E-state index is 12.9. The van der Waals surface area contributed by atoms with Crippen LogP contribution in [0.2, 0.25) is 0 Å². The standard InChI is InChI=1S/C17H27N3O/c1-11-9-16(13(3)20(11)15-6-7-15)17(21)19-8-4-5-14(10-19)12(2)18/h9,12,14-15H,4-8,10,18H2,1-3H3/t12-,14-/m1/s1. The molecule has 2 heterocycles. The van der Waals surface area contributed by atoms with Crippen molar-refractivity contribution in [1.29, 1.82) is 0 Å². The number of carbonyl (C=O) groups excluding carboxylic acids is 1. The molecule has 3 rings (SSSR count). The summed E-state index contributed by atoms with van der Waals surface area (Å²) in [4.78, 5) is 14.9. The molecular formula is C17H27N3O. The van der Waals surface area contributed by atoms with Gasteiger partial charge in [0.2, 0.25) is 0 Å². The number of rotatable bonds is 3. The molecular weight excluding hydrogens is 262 g/mol. The number of hydrogen-bond acceptors (Lipinski definition) is 2. The topological polar surface area (TPSA) is 51.3 Å². The molecule has 2 aliphatic rings. The second-order valence-corrected chi connectivity index (χ2v) is 6.90. The van der Waals surface area contributed by atoms with E-state index in [1.807, 2.05) is 4.90 Å². The maximum Gasteiger partial charge on any atom is 0.255 e. The number of nitrogens with zero attached hydrogens (tertiary/aromatic N) is 2. The first kappa shape index (κ1) is 14.6. The van der Waals surface area contributed by atoms with Crippen LogP contribution in [-0.2, 0) is 0 Å². The summed E-state index contributed by atoms with van der Waals surface area (Å²) in [6.45, 7) is 7.94. The quantitative estimate of drug-likeness (QED) is 0.930. The van der Waals surface area contributed by atoms with Crippen molar-refractivity contribution < 1.29 is 4.79 Å². The van der Waals surface area contributed by atoms with Gasteiger partial charge in [-0.15, -0.1) is 0 Å². The van der Waals surface area contributed by atoms with Gasteiger partial charge in [0.25, 0.3) is 5.91 Å². The second-order valence-electron chi connectivity index (χ2n) is 6.90. The van der Waals surface area contributed by atoms with Crippen molar-refractivity contribution in [3.63, 3.8) is 0 Å². The van der Waals surface area contributed by atoms with Gasteiger partial charge in [0.1, 0.15) is 0 Å². The van der Waals surface area contributed by atoms with E-state index in [9.17, 15) is 4.79 Å². The van der Waals surface area contributed by atoms with Crippen LogP contribution in [0.4, 0.5) is 0 Å². The molecule has 1 aromatic rings. The van der Waals surface area contributed by atoms with Crippen molar-refractivity contribution >= 4 is 5.91 Å². The molecule has 1 aliphatic heterocycles. The molecule has 1 saturated carbocycles. The number of carbonyl (C=O) groups is 1. The lowest BCUT2D eigenvalue weighted by molar-refractivity contribution is 0.0660. The van der Waals surface area contributed by atoms with Gasteiger partial charge in [-0.05, 0) is 58.4 Å². The largest absolute Gasteiger partial charge is 0.345 e. The Labute approximate surface area is 127 Å². The van der Waals surface area contributed by atoms with E-state index in [4.69, 9.17) is 5.73 Å². The highest BCUT2D eigenvalue weighted by Gasteiger charge is 2.31. The highest BCUT2D eigenvalue weighted by atomic mass is 16.2. The van der Waals surface area contributed by atoms with Gasteiger partial charge in [-0.2, -0.15) is 0 Å². The molecule has 2 fully saturated rings. The van der Waals surface area contributed by atoms with Gasteiger partial charge < -0.3 is 15.2 Å². The minimum absolute atomic E-state index is 0.166. The minimum atomic E-state index is 0.166. The fourth-order valence-electron chi connectivity index (χ4n) is 3.68. The summed E-state index contributed by atoms with van der Waals surface area (Å²) >= 11 is 0. The molecule has 0 unspecified atom stereocenters. The lowest BCUT2D eigenvalue weighted by Crippen LogP contribution is -2.45. The van der Waals surface area contributed by atoms with E-state index in [1.165, 1.54) is 18.5 Å². The summed E-state index contributed by atoms with van der Waals surface area (Å²) in [7, 11) is 0. The molecule has 1 aliphatic carbocycles. The van der Waals surface area contributed by atoms with Crippen molar-refractivity contribution in [2.24, 2.45) is 11.7 Å². The van der Waals surface area contributed by atoms with Gasteiger partial charge in [0.15, 0.2) is 0 Å². The van der Waals surface area contributed by atoms with E-state index in [-0.39, 0.29) is 11.9 Å². The number of aryl methyl sites for hydroxylation is 1. The van der Waals surface area contributed by atoms with Gasteiger partial charge in [-0.25, -0.2) is 0 Å². The fraction of sp³-hybridized carbons (Fsp3) is 0.706. The normalized spacial score (nSPS) is 24.2. The highest BCUT2D eigenvalue weighted by molar-refractivity contribution is 5.95. The van der Waals surface area contributed by atoms with E-state index in [2.05, 4.69) is 31.4 Å². The zero-order chi connectivity index (χ0) is 15.1. The molecule has 4 heteroatoms. The smallest absolute Gasteiger partial charge is 0.255 e. The molecule has 0 bridgehead atoms. The fourth-order valence-corrected chi connectivity index (χ4v) is 3.68. The van der Waals surface area contributed by atoms with E-state index in [0.29, 0.717) is 12.0 Å². The summed E-state index contributed by atoms with van der Waals surface area (Å²) < 4.78 is 2.35. The van der Waals surface area contributed by atoms with Crippen LogP contribution in [0.5, 0.6) is 0 Å². The van der Waals surface area contributed by atoms with E-state index >= 15 is 0 Å². The van der Waals surface area contributed by atoms with Crippen molar-refractivity contribution in [1.82, 2.24) is 9.47 Å². The average Bonchev–Trinajstić information content (AvgIpc) is 3.24. The van der Waals surface area contributed by atoms with Crippen LogP contribution in [0.15, 0.2) is 6.07 Å². The van der Waals surface area contributed by atoms with Crippen LogP contribution in [0, 0.1) is 19.8 Å². The Bertz CT molecular complexity index is 542. The van der Waals surface area contributed by atoms with Crippen LogP contribution in [0.3, 0.4) is 0 Å². The predicted octanol–water partition coefficient (Wildman–Crippen LogP) is 2.64. The predicted molar refractivity (Wildman–Crippen MR) is 84.5 cm³/mol. The number of hydrogen-bond donors (Lipinski definition) is 1. The zero-order valence-electron chi connectivity index (χ0n) is 13.4. The first-order valence-electron chi connectivity index (χ1n) is 8.22. The summed E-state index contributed by atoms with van der Waals surface area (Å²) in [5, 5.41) is 0. The molecule has 2 N–H and O–H groups in total. The number of piperidine rings is 1. The van der Waals surface area contributed by atoms with Crippen molar-refractivity contribution in [3.05, 3.63) is 23.0 Å². The SMILES string of the molecule is Cc1cc(C(=O)N2CCC[C@@H]([C@@H](C)N)C2)c(C)n1C1CC1. The minimum Gasteiger partial charge on any atom is -0.345 e. The number of nitrogens with two attached hydrogens (primary N) is 1. The Morgan fingerprint density at radius 2 is 2.05 bits per heavy atom. The number of amides is 1. The summed E-state index contributed by atoms with van der Waals surface area (Å²) in [5.41, 5.74) is 9.29. The summed E-state index contributed by atoms with van der Waals surface area (Å²) in [5.74, 6) is 0.634. The molecule has 0 aromatic carbocycles. The lowest BCUT2D eigenvalue weighted by Gasteiger charge is -2.34. The average molecular weight is 289 g/mol. The molecule has 0 radical (unpaired) electrons. The maximum atomic E-state index is 12.9. The second kappa shape index (κ2) is 5.48. The van der Waals surface area contributed by atoms with E-state index in [0.717, 1.165) is 37.2 Å². The number of likely N-dealkylation sites (tertiary alicyclic amines) is 1. The van der Waals surface area contributed by atoms with Crippen molar-refractivity contribution in [2.45, 2.75) is 58.5 Å². The first-order valence-corrected chi connectivity index (χ1v) is 8.22. The zero-order valence-corrected chi connectivity index (χ0v) is 13.4. The van der Waals surface area contributed by atoms with Gasteiger partial charge in [0, 0.05) is 36.6 Å². The molecule has 21 heavy (non-hydrogen) atoms. The van der Waals surface area contributed by atoms with E-state index < -0.39 is 0 Å². The summed E-state index contributed by atoms with van der Waals surface area (Å²) in [6.07, 6.45) is 4.71. The molecule has 0 spiro atoms.